The first kappa shape index (κ1) is 20.4. The lowest BCUT2D eigenvalue weighted by molar-refractivity contribution is -0.109. The molecule has 21 heavy (non-hydrogen) atoms. The van der Waals surface area contributed by atoms with E-state index in [-0.39, 0.29) is 0 Å². The van der Waals surface area contributed by atoms with Gasteiger partial charge in [-0.2, -0.15) is 0 Å². The summed E-state index contributed by atoms with van der Waals surface area (Å²) in [6.07, 6.45) is 15.6. The molecule has 2 N–H and O–H groups in total. The third-order valence-corrected chi connectivity index (χ3v) is 4.06. The summed E-state index contributed by atoms with van der Waals surface area (Å²) in [5.74, 6) is 0.935. The van der Waals surface area contributed by atoms with E-state index in [0.717, 1.165) is 25.3 Å². The van der Waals surface area contributed by atoms with Crippen molar-refractivity contribution in [3.05, 3.63) is 0 Å². The van der Waals surface area contributed by atoms with Crippen LogP contribution in [0.15, 0.2) is 0 Å². The molecule has 126 valence electrons. The van der Waals surface area contributed by atoms with Crippen LogP contribution in [0.25, 0.3) is 0 Å². The third-order valence-electron chi connectivity index (χ3n) is 4.06. The Balaban J connectivity index is 0.000000547. The number of unbranched alkanes of at least 4 members (excludes halogenated alkanes) is 9. The quantitative estimate of drug-likeness (QED) is 0.417. The second-order valence-corrected chi connectivity index (χ2v) is 6.35. The number of nitrogens with one attached hydrogen (secondary N) is 2. The van der Waals surface area contributed by atoms with Gasteiger partial charge in [0, 0.05) is 6.54 Å². The highest BCUT2D eigenvalue weighted by Crippen LogP contribution is 2.10. The molecule has 1 saturated heterocycles. The Bertz CT molecular complexity index is 203. The Morgan fingerprint density at radius 3 is 1.95 bits per heavy atom. The van der Waals surface area contributed by atoms with Crippen molar-refractivity contribution < 1.29 is 4.79 Å². The predicted octanol–water partition coefficient (Wildman–Crippen LogP) is 4.27. The minimum Gasteiger partial charge on any atom is -0.359 e. The first-order chi connectivity index (χ1) is 10.3. The molecule has 1 aliphatic heterocycles. The second-order valence-electron chi connectivity index (χ2n) is 6.35. The van der Waals surface area contributed by atoms with Gasteiger partial charge in [0.1, 0.15) is 0 Å². The molecule has 1 heterocycles. The first-order valence-corrected chi connectivity index (χ1v) is 9.19. The maximum absolute atomic E-state index is 9.95. The lowest BCUT2D eigenvalue weighted by Crippen LogP contribution is -2.11. The number of carbonyl (C=O) groups is 1. The van der Waals surface area contributed by atoms with E-state index in [4.69, 9.17) is 0 Å². The van der Waals surface area contributed by atoms with E-state index in [9.17, 15) is 4.79 Å². The van der Waals surface area contributed by atoms with Crippen molar-refractivity contribution in [3.63, 3.8) is 0 Å². The van der Waals surface area contributed by atoms with E-state index in [1.54, 1.807) is 0 Å². The van der Waals surface area contributed by atoms with Gasteiger partial charge in [-0.15, -0.1) is 0 Å². The zero-order valence-corrected chi connectivity index (χ0v) is 14.5. The van der Waals surface area contributed by atoms with Crippen molar-refractivity contribution in [2.45, 2.75) is 84.5 Å². The molecule has 0 aliphatic carbocycles. The van der Waals surface area contributed by atoms with Crippen molar-refractivity contribution in [3.8, 4) is 0 Å². The SMILES string of the molecule is CC1CCNC1.CCCCCCCCCCCCNC=O. The molecular weight excluding hydrogens is 260 g/mol. The van der Waals surface area contributed by atoms with Crippen molar-refractivity contribution in [2.24, 2.45) is 5.92 Å². The highest BCUT2D eigenvalue weighted by atomic mass is 16.1. The number of rotatable bonds is 12. The number of hydrogen-bond acceptors (Lipinski definition) is 2. The van der Waals surface area contributed by atoms with Crippen LogP contribution in [-0.4, -0.2) is 26.0 Å². The maximum Gasteiger partial charge on any atom is 0.207 e. The summed E-state index contributed by atoms with van der Waals surface area (Å²) in [5.41, 5.74) is 0. The van der Waals surface area contributed by atoms with Gasteiger partial charge < -0.3 is 10.6 Å². The molecule has 0 radical (unpaired) electrons. The molecule has 0 aromatic heterocycles. The molecule has 0 aromatic carbocycles. The Morgan fingerprint density at radius 1 is 1.00 bits per heavy atom. The van der Waals surface area contributed by atoms with Gasteiger partial charge in [0.2, 0.25) is 6.41 Å². The minimum absolute atomic E-state index is 0.785. The molecular formula is C18H38N2O. The van der Waals surface area contributed by atoms with Gasteiger partial charge in [0.15, 0.2) is 0 Å². The van der Waals surface area contributed by atoms with Gasteiger partial charge in [-0.25, -0.2) is 0 Å². The summed E-state index contributed by atoms with van der Waals surface area (Å²) in [5, 5.41) is 5.96. The fourth-order valence-corrected chi connectivity index (χ4v) is 2.57. The van der Waals surface area contributed by atoms with Crippen LogP contribution in [0.3, 0.4) is 0 Å². The fourth-order valence-electron chi connectivity index (χ4n) is 2.57. The highest BCUT2D eigenvalue weighted by molar-refractivity contribution is 5.45. The normalized spacial score (nSPS) is 17.1. The minimum atomic E-state index is 0.785. The summed E-state index contributed by atoms with van der Waals surface area (Å²) >= 11 is 0. The second kappa shape index (κ2) is 17.5. The molecule has 1 unspecified atom stereocenters. The lowest BCUT2D eigenvalue weighted by atomic mass is 10.1. The summed E-state index contributed by atoms with van der Waals surface area (Å²) in [4.78, 5) is 9.95. The average molecular weight is 299 g/mol. The molecule has 1 atom stereocenters. The standard InChI is InChI=1S/C13H27NO.C5H11N/c1-2-3-4-5-6-7-8-9-10-11-12-14-13-15;1-5-2-3-6-4-5/h13H,2-12H2,1H3,(H,14,15);5-6H,2-4H2,1H3. The number of hydrogen-bond donors (Lipinski definition) is 2. The van der Waals surface area contributed by atoms with Gasteiger partial charge in [-0.3, -0.25) is 4.79 Å². The van der Waals surface area contributed by atoms with Crippen molar-refractivity contribution in [1.29, 1.82) is 0 Å². The van der Waals surface area contributed by atoms with E-state index in [2.05, 4.69) is 24.5 Å². The Labute approximate surface area is 132 Å². The summed E-state index contributed by atoms with van der Waals surface area (Å²) in [6, 6.07) is 0. The Morgan fingerprint density at radius 2 is 1.57 bits per heavy atom. The number of carbonyl (C=O) groups excluding carboxylic acids is 1. The van der Waals surface area contributed by atoms with Crippen LogP contribution < -0.4 is 10.6 Å². The summed E-state index contributed by atoms with van der Waals surface area (Å²) in [7, 11) is 0. The topological polar surface area (TPSA) is 41.1 Å². The first-order valence-electron chi connectivity index (χ1n) is 9.19. The molecule has 1 fully saturated rings. The zero-order chi connectivity index (χ0) is 15.6. The highest BCUT2D eigenvalue weighted by Gasteiger charge is 2.06. The van der Waals surface area contributed by atoms with Crippen LogP contribution in [-0.2, 0) is 4.79 Å². The molecule has 3 heteroatoms. The van der Waals surface area contributed by atoms with Crippen LogP contribution in [0.5, 0.6) is 0 Å². The predicted molar refractivity (Wildman–Crippen MR) is 92.6 cm³/mol. The van der Waals surface area contributed by atoms with Crippen LogP contribution in [0.2, 0.25) is 0 Å². The number of amides is 1. The maximum atomic E-state index is 9.95. The van der Waals surface area contributed by atoms with E-state index in [1.165, 1.54) is 77.3 Å². The van der Waals surface area contributed by atoms with Gasteiger partial charge in [0.25, 0.3) is 0 Å². The van der Waals surface area contributed by atoms with Gasteiger partial charge in [0.05, 0.1) is 0 Å². The van der Waals surface area contributed by atoms with E-state index < -0.39 is 0 Å². The van der Waals surface area contributed by atoms with Crippen LogP contribution in [0.4, 0.5) is 0 Å². The molecule has 1 amide bonds. The molecule has 0 spiro atoms. The molecule has 3 nitrogen and oxygen atoms in total. The van der Waals surface area contributed by atoms with Crippen molar-refractivity contribution in [2.75, 3.05) is 19.6 Å². The third kappa shape index (κ3) is 17.4. The molecule has 1 rings (SSSR count). The van der Waals surface area contributed by atoms with Crippen LogP contribution in [0.1, 0.15) is 84.5 Å². The van der Waals surface area contributed by atoms with E-state index >= 15 is 0 Å². The molecule has 1 aliphatic rings. The van der Waals surface area contributed by atoms with Crippen molar-refractivity contribution >= 4 is 6.41 Å². The van der Waals surface area contributed by atoms with Crippen molar-refractivity contribution in [1.82, 2.24) is 10.6 Å². The Hall–Kier alpha value is -0.570. The zero-order valence-electron chi connectivity index (χ0n) is 14.5. The molecule has 0 bridgehead atoms. The summed E-state index contributed by atoms with van der Waals surface area (Å²) < 4.78 is 0. The van der Waals surface area contributed by atoms with E-state index in [1.807, 2.05) is 0 Å². The van der Waals surface area contributed by atoms with Crippen LogP contribution >= 0.6 is 0 Å². The van der Waals surface area contributed by atoms with Crippen LogP contribution in [0, 0.1) is 5.92 Å². The molecule has 0 aromatic rings. The van der Waals surface area contributed by atoms with Gasteiger partial charge in [-0.05, 0) is 31.8 Å². The monoisotopic (exact) mass is 298 g/mol. The Kier molecular flexibility index (Phi) is 17.0. The fraction of sp³-hybridized carbons (Fsp3) is 0.944. The lowest BCUT2D eigenvalue weighted by Gasteiger charge is -2.01. The van der Waals surface area contributed by atoms with Gasteiger partial charge in [-0.1, -0.05) is 71.6 Å². The smallest absolute Gasteiger partial charge is 0.207 e. The van der Waals surface area contributed by atoms with Gasteiger partial charge >= 0.3 is 0 Å². The largest absolute Gasteiger partial charge is 0.359 e. The summed E-state index contributed by atoms with van der Waals surface area (Å²) in [6.45, 7) is 7.86. The average Bonchev–Trinajstić information content (AvgIpc) is 2.97. The van der Waals surface area contributed by atoms with E-state index in [0.29, 0.717) is 0 Å². The molecule has 0 saturated carbocycles.